The van der Waals surface area contributed by atoms with Crippen molar-refractivity contribution in [2.45, 2.75) is 12.5 Å². The Morgan fingerprint density at radius 3 is 2.52 bits per heavy atom. The van der Waals surface area contributed by atoms with Gasteiger partial charge in [-0.15, -0.1) is 0 Å². The first-order valence-electron chi connectivity index (χ1n) is 7.14. The van der Waals surface area contributed by atoms with Gasteiger partial charge in [0, 0.05) is 26.2 Å². The van der Waals surface area contributed by atoms with Gasteiger partial charge >= 0.3 is 5.97 Å². The summed E-state index contributed by atoms with van der Waals surface area (Å²) in [4.78, 5) is 25.2. The molecule has 1 aromatic rings. The average Bonchev–Trinajstić information content (AvgIpc) is 2.48. The smallest absolute Gasteiger partial charge is 0.305 e. The van der Waals surface area contributed by atoms with Gasteiger partial charge in [0.2, 0.25) is 5.91 Å². The third-order valence-corrected chi connectivity index (χ3v) is 3.49. The number of carbonyl (C=O) groups excluding carboxylic acids is 1. The molecular weight excluding hydrogens is 270 g/mol. The number of nitrogens with zero attached hydrogens (tertiary/aromatic N) is 1. The van der Waals surface area contributed by atoms with E-state index in [2.05, 4.69) is 15.5 Å². The molecule has 2 rings (SSSR count). The maximum Gasteiger partial charge on any atom is 0.305 e. The highest BCUT2D eigenvalue weighted by Crippen LogP contribution is 2.16. The molecule has 114 valence electrons. The van der Waals surface area contributed by atoms with E-state index in [-0.39, 0.29) is 12.3 Å². The molecule has 0 spiro atoms. The lowest BCUT2D eigenvalue weighted by atomic mass is 10.0. The summed E-state index contributed by atoms with van der Waals surface area (Å²) in [5.41, 5.74) is 0.813. The minimum Gasteiger partial charge on any atom is -0.481 e. The van der Waals surface area contributed by atoms with Crippen LogP contribution in [0.5, 0.6) is 0 Å². The number of amides is 1. The van der Waals surface area contributed by atoms with Crippen LogP contribution < -0.4 is 10.6 Å². The number of aliphatic carboxylic acids is 1. The van der Waals surface area contributed by atoms with E-state index in [4.69, 9.17) is 5.11 Å². The molecule has 0 aromatic heterocycles. The Balaban J connectivity index is 1.94. The van der Waals surface area contributed by atoms with Crippen molar-refractivity contribution in [1.29, 1.82) is 0 Å². The molecule has 0 bridgehead atoms. The topological polar surface area (TPSA) is 81.7 Å². The fraction of sp³-hybridized carbons (Fsp3) is 0.467. The number of benzene rings is 1. The second-order valence-electron chi connectivity index (χ2n) is 5.15. The van der Waals surface area contributed by atoms with Crippen LogP contribution >= 0.6 is 0 Å². The predicted octanol–water partition coefficient (Wildman–Crippen LogP) is 0.224. The molecule has 1 amide bonds. The number of rotatable bonds is 6. The number of carbonyl (C=O) groups is 2. The van der Waals surface area contributed by atoms with E-state index in [1.165, 1.54) is 0 Å². The van der Waals surface area contributed by atoms with Crippen molar-refractivity contribution < 1.29 is 14.7 Å². The third kappa shape index (κ3) is 5.17. The summed E-state index contributed by atoms with van der Waals surface area (Å²) < 4.78 is 0. The molecule has 1 aliphatic heterocycles. The van der Waals surface area contributed by atoms with E-state index >= 15 is 0 Å². The van der Waals surface area contributed by atoms with Gasteiger partial charge in [0.1, 0.15) is 0 Å². The van der Waals surface area contributed by atoms with Crippen molar-refractivity contribution in [3.05, 3.63) is 35.9 Å². The zero-order valence-electron chi connectivity index (χ0n) is 11.9. The van der Waals surface area contributed by atoms with Crippen molar-refractivity contribution in [2.24, 2.45) is 0 Å². The molecule has 1 aromatic carbocycles. The molecule has 0 radical (unpaired) electrons. The van der Waals surface area contributed by atoms with E-state index in [0.717, 1.165) is 31.7 Å². The van der Waals surface area contributed by atoms with E-state index in [0.29, 0.717) is 6.54 Å². The standard InChI is InChI=1S/C15H21N3O3/c19-14(11-18-8-6-16-7-9-18)17-13(10-15(20)21)12-4-2-1-3-5-12/h1-5,13,16H,6-11H2,(H,17,19)(H,20,21). The van der Waals surface area contributed by atoms with Crippen LogP contribution in [0.4, 0.5) is 0 Å². The van der Waals surface area contributed by atoms with Gasteiger partial charge in [0.25, 0.3) is 0 Å². The molecule has 1 atom stereocenters. The molecule has 21 heavy (non-hydrogen) atoms. The van der Waals surface area contributed by atoms with E-state index in [1.54, 1.807) is 0 Å². The van der Waals surface area contributed by atoms with Gasteiger partial charge in [0.05, 0.1) is 19.0 Å². The maximum absolute atomic E-state index is 12.1. The van der Waals surface area contributed by atoms with Crippen LogP contribution in [0.3, 0.4) is 0 Å². The predicted molar refractivity (Wildman–Crippen MR) is 78.9 cm³/mol. The molecule has 1 unspecified atom stereocenters. The van der Waals surface area contributed by atoms with Gasteiger partial charge in [0.15, 0.2) is 0 Å². The number of carboxylic acids is 1. The normalized spacial score (nSPS) is 17.1. The Hall–Kier alpha value is -1.92. The number of carboxylic acid groups (broad SMARTS) is 1. The van der Waals surface area contributed by atoms with Gasteiger partial charge in [-0.1, -0.05) is 30.3 Å². The van der Waals surface area contributed by atoms with Crippen molar-refractivity contribution in [3.63, 3.8) is 0 Å². The van der Waals surface area contributed by atoms with Gasteiger partial charge in [-0.2, -0.15) is 0 Å². The van der Waals surface area contributed by atoms with Crippen LogP contribution in [0.2, 0.25) is 0 Å². The Kier molecular flexibility index (Phi) is 5.71. The highest BCUT2D eigenvalue weighted by molar-refractivity contribution is 5.79. The first-order valence-corrected chi connectivity index (χ1v) is 7.14. The quantitative estimate of drug-likeness (QED) is 0.699. The number of hydrogen-bond donors (Lipinski definition) is 3. The fourth-order valence-electron chi connectivity index (χ4n) is 2.42. The summed E-state index contributed by atoms with van der Waals surface area (Å²) >= 11 is 0. The van der Waals surface area contributed by atoms with Crippen LogP contribution in [-0.4, -0.2) is 54.6 Å². The van der Waals surface area contributed by atoms with E-state index in [9.17, 15) is 9.59 Å². The molecule has 6 nitrogen and oxygen atoms in total. The number of hydrogen-bond acceptors (Lipinski definition) is 4. The first kappa shape index (κ1) is 15.5. The summed E-state index contributed by atoms with van der Waals surface area (Å²) in [5, 5.41) is 15.1. The Morgan fingerprint density at radius 2 is 1.90 bits per heavy atom. The zero-order chi connectivity index (χ0) is 15.1. The Morgan fingerprint density at radius 1 is 1.24 bits per heavy atom. The van der Waals surface area contributed by atoms with Gasteiger partial charge in [-0.3, -0.25) is 14.5 Å². The van der Waals surface area contributed by atoms with Crippen LogP contribution in [0.25, 0.3) is 0 Å². The average molecular weight is 291 g/mol. The molecule has 1 aliphatic rings. The molecule has 3 N–H and O–H groups in total. The van der Waals surface area contributed by atoms with Gasteiger partial charge in [-0.05, 0) is 5.56 Å². The monoisotopic (exact) mass is 291 g/mol. The Labute approximate surface area is 124 Å². The summed E-state index contributed by atoms with van der Waals surface area (Å²) in [6, 6.07) is 8.72. The van der Waals surface area contributed by atoms with Gasteiger partial charge in [-0.25, -0.2) is 0 Å². The molecular formula is C15H21N3O3. The van der Waals surface area contributed by atoms with E-state index in [1.807, 2.05) is 30.3 Å². The van der Waals surface area contributed by atoms with Gasteiger partial charge < -0.3 is 15.7 Å². The largest absolute Gasteiger partial charge is 0.481 e. The second-order valence-corrected chi connectivity index (χ2v) is 5.15. The third-order valence-electron chi connectivity index (χ3n) is 3.49. The number of nitrogens with one attached hydrogen (secondary N) is 2. The highest BCUT2D eigenvalue weighted by atomic mass is 16.4. The minimum absolute atomic E-state index is 0.114. The molecule has 1 fully saturated rings. The summed E-state index contributed by atoms with van der Waals surface area (Å²) in [7, 11) is 0. The van der Waals surface area contributed by atoms with Crippen LogP contribution in [0.15, 0.2) is 30.3 Å². The first-order chi connectivity index (χ1) is 10.1. The lowest BCUT2D eigenvalue weighted by Gasteiger charge is -2.27. The second kappa shape index (κ2) is 7.75. The molecule has 1 saturated heterocycles. The van der Waals surface area contributed by atoms with Crippen molar-refractivity contribution in [2.75, 3.05) is 32.7 Å². The number of piperazine rings is 1. The van der Waals surface area contributed by atoms with Crippen LogP contribution in [0.1, 0.15) is 18.0 Å². The zero-order valence-corrected chi connectivity index (χ0v) is 11.9. The summed E-state index contributed by atoms with van der Waals surface area (Å²) in [5.74, 6) is -1.06. The van der Waals surface area contributed by atoms with Crippen LogP contribution in [-0.2, 0) is 9.59 Å². The minimum atomic E-state index is -0.925. The highest BCUT2D eigenvalue weighted by Gasteiger charge is 2.20. The van der Waals surface area contributed by atoms with Crippen LogP contribution in [0, 0.1) is 0 Å². The lowest BCUT2D eigenvalue weighted by Crippen LogP contribution is -2.48. The molecule has 0 saturated carbocycles. The molecule has 6 heteroatoms. The fourth-order valence-corrected chi connectivity index (χ4v) is 2.42. The SMILES string of the molecule is O=C(O)CC(NC(=O)CN1CCNCC1)c1ccccc1. The van der Waals surface area contributed by atoms with E-state index < -0.39 is 12.0 Å². The van der Waals surface area contributed by atoms with Crippen molar-refractivity contribution in [1.82, 2.24) is 15.5 Å². The summed E-state index contributed by atoms with van der Waals surface area (Å²) in [6.45, 7) is 3.74. The Bertz CT molecular complexity index is 472. The maximum atomic E-state index is 12.1. The lowest BCUT2D eigenvalue weighted by molar-refractivity contribution is -0.137. The van der Waals surface area contributed by atoms with Crippen molar-refractivity contribution >= 4 is 11.9 Å². The van der Waals surface area contributed by atoms with Crippen molar-refractivity contribution in [3.8, 4) is 0 Å². The summed E-state index contributed by atoms with van der Waals surface area (Å²) in [6.07, 6.45) is -0.114. The molecule has 1 heterocycles. The molecule has 0 aliphatic carbocycles.